The van der Waals surface area contributed by atoms with E-state index in [1.54, 1.807) is 7.11 Å². The molecule has 0 aliphatic rings. The molecule has 2 nitrogen and oxygen atoms in total. The van der Waals surface area contributed by atoms with Crippen LogP contribution in [0.5, 0.6) is 0 Å². The molecule has 1 rings (SSSR count). The molecule has 0 aliphatic heterocycles. The van der Waals surface area contributed by atoms with E-state index in [4.69, 9.17) is 4.74 Å². The number of rotatable bonds is 5. The van der Waals surface area contributed by atoms with E-state index < -0.39 is 0 Å². The van der Waals surface area contributed by atoms with Gasteiger partial charge in [-0.05, 0) is 25.1 Å². The maximum Gasteiger partial charge on any atom is 0.0637 e. The SMILES string of the molecule is CCN(CCOC)c1cccc(Br)c1. The Morgan fingerprint density at radius 3 is 2.79 bits per heavy atom. The van der Waals surface area contributed by atoms with Crippen molar-refractivity contribution in [2.45, 2.75) is 6.92 Å². The van der Waals surface area contributed by atoms with Gasteiger partial charge in [-0.25, -0.2) is 0 Å². The summed E-state index contributed by atoms with van der Waals surface area (Å²) >= 11 is 3.47. The van der Waals surface area contributed by atoms with Crippen molar-refractivity contribution in [1.82, 2.24) is 0 Å². The molecule has 0 N–H and O–H groups in total. The Labute approximate surface area is 94.0 Å². The van der Waals surface area contributed by atoms with Crippen LogP contribution < -0.4 is 4.90 Å². The van der Waals surface area contributed by atoms with E-state index in [1.165, 1.54) is 5.69 Å². The van der Waals surface area contributed by atoms with Crippen LogP contribution in [0.2, 0.25) is 0 Å². The number of hydrogen-bond donors (Lipinski definition) is 0. The Hall–Kier alpha value is -0.540. The fraction of sp³-hybridized carbons (Fsp3) is 0.455. The van der Waals surface area contributed by atoms with Gasteiger partial charge in [0, 0.05) is 30.4 Å². The Balaban J connectivity index is 2.68. The van der Waals surface area contributed by atoms with Crippen LogP contribution >= 0.6 is 15.9 Å². The van der Waals surface area contributed by atoms with Crippen molar-refractivity contribution in [1.29, 1.82) is 0 Å². The number of hydrogen-bond acceptors (Lipinski definition) is 2. The second kappa shape index (κ2) is 6.04. The summed E-state index contributed by atoms with van der Waals surface area (Å²) in [6, 6.07) is 8.33. The van der Waals surface area contributed by atoms with Gasteiger partial charge < -0.3 is 9.64 Å². The second-order valence-corrected chi connectivity index (χ2v) is 3.97. The van der Waals surface area contributed by atoms with Crippen LogP contribution in [-0.2, 0) is 4.74 Å². The molecule has 0 unspecified atom stereocenters. The Morgan fingerprint density at radius 1 is 1.43 bits per heavy atom. The normalized spacial score (nSPS) is 10.2. The molecule has 0 heterocycles. The van der Waals surface area contributed by atoms with Crippen LogP contribution in [0.15, 0.2) is 28.7 Å². The number of methoxy groups -OCH3 is 1. The summed E-state index contributed by atoms with van der Waals surface area (Å²) in [5.41, 5.74) is 1.24. The van der Waals surface area contributed by atoms with E-state index >= 15 is 0 Å². The molecule has 0 amide bonds. The number of ether oxygens (including phenoxy) is 1. The van der Waals surface area contributed by atoms with Gasteiger partial charge >= 0.3 is 0 Å². The maximum absolute atomic E-state index is 5.07. The summed E-state index contributed by atoms with van der Waals surface area (Å²) in [6.45, 7) is 4.85. The minimum Gasteiger partial charge on any atom is -0.383 e. The highest BCUT2D eigenvalue weighted by Crippen LogP contribution is 2.19. The van der Waals surface area contributed by atoms with Crippen LogP contribution in [0.1, 0.15) is 6.92 Å². The maximum atomic E-state index is 5.07. The van der Waals surface area contributed by atoms with Gasteiger partial charge in [0.1, 0.15) is 0 Å². The zero-order valence-electron chi connectivity index (χ0n) is 8.66. The molecule has 14 heavy (non-hydrogen) atoms. The van der Waals surface area contributed by atoms with Crippen LogP contribution in [0.3, 0.4) is 0 Å². The minimum atomic E-state index is 0.764. The third-order valence-corrected chi connectivity index (χ3v) is 2.61. The zero-order chi connectivity index (χ0) is 10.4. The standard InChI is InChI=1S/C11H16BrNO/c1-3-13(7-8-14-2)11-6-4-5-10(12)9-11/h4-6,9H,3,7-8H2,1-2H3. The number of likely N-dealkylation sites (N-methyl/N-ethyl adjacent to an activating group) is 1. The molecule has 1 aromatic rings. The Morgan fingerprint density at radius 2 is 2.21 bits per heavy atom. The smallest absolute Gasteiger partial charge is 0.0637 e. The monoisotopic (exact) mass is 257 g/mol. The van der Waals surface area contributed by atoms with Gasteiger partial charge in [-0.2, -0.15) is 0 Å². The molecular weight excluding hydrogens is 242 g/mol. The number of nitrogens with zero attached hydrogens (tertiary/aromatic N) is 1. The lowest BCUT2D eigenvalue weighted by Gasteiger charge is -2.22. The molecule has 0 atom stereocenters. The molecule has 0 aromatic heterocycles. The Bertz CT molecular complexity index is 278. The van der Waals surface area contributed by atoms with Crippen molar-refractivity contribution in [2.75, 3.05) is 31.7 Å². The van der Waals surface area contributed by atoms with Crippen LogP contribution in [0.4, 0.5) is 5.69 Å². The van der Waals surface area contributed by atoms with Crippen molar-refractivity contribution in [3.05, 3.63) is 28.7 Å². The molecular formula is C11H16BrNO. The van der Waals surface area contributed by atoms with Crippen LogP contribution in [-0.4, -0.2) is 26.8 Å². The van der Waals surface area contributed by atoms with Crippen LogP contribution in [0, 0.1) is 0 Å². The van der Waals surface area contributed by atoms with Gasteiger partial charge in [0.05, 0.1) is 6.61 Å². The molecule has 78 valence electrons. The summed E-state index contributed by atoms with van der Waals surface area (Å²) < 4.78 is 6.19. The predicted octanol–water partition coefficient (Wildman–Crippen LogP) is 2.92. The first-order valence-corrected chi connectivity index (χ1v) is 5.56. The lowest BCUT2D eigenvalue weighted by molar-refractivity contribution is 0.205. The first-order chi connectivity index (χ1) is 6.77. The summed E-state index contributed by atoms with van der Waals surface area (Å²) in [4.78, 5) is 2.29. The van der Waals surface area contributed by atoms with E-state index in [1.807, 2.05) is 6.07 Å². The Kier molecular flexibility index (Phi) is 4.98. The third-order valence-electron chi connectivity index (χ3n) is 2.12. The second-order valence-electron chi connectivity index (χ2n) is 3.05. The first-order valence-electron chi connectivity index (χ1n) is 4.77. The summed E-state index contributed by atoms with van der Waals surface area (Å²) in [5.74, 6) is 0. The number of anilines is 1. The lowest BCUT2D eigenvalue weighted by Crippen LogP contribution is -2.26. The van der Waals surface area contributed by atoms with E-state index in [2.05, 4.69) is 46.0 Å². The minimum absolute atomic E-state index is 0.764. The van der Waals surface area contributed by atoms with Crippen molar-refractivity contribution in [3.8, 4) is 0 Å². The molecule has 0 saturated carbocycles. The average molecular weight is 258 g/mol. The molecule has 0 fully saturated rings. The van der Waals surface area contributed by atoms with Gasteiger partial charge in [0.25, 0.3) is 0 Å². The molecule has 0 aliphatic carbocycles. The fourth-order valence-electron chi connectivity index (χ4n) is 1.34. The summed E-state index contributed by atoms with van der Waals surface area (Å²) in [7, 11) is 1.73. The molecule has 0 bridgehead atoms. The van der Waals surface area contributed by atoms with Crippen molar-refractivity contribution in [2.24, 2.45) is 0 Å². The van der Waals surface area contributed by atoms with Gasteiger partial charge in [0.15, 0.2) is 0 Å². The van der Waals surface area contributed by atoms with Crippen molar-refractivity contribution >= 4 is 21.6 Å². The van der Waals surface area contributed by atoms with E-state index in [0.717, 1.165) is 24.2 Å². The number of halogens is 1. The van der Waals surface area contributed by atoms with Gasteiger partial charge in [0.2, 0.25) is 0 Å². The topological polar surface area (TPSA) is 12.5 Å². The quantitative estimate of drug-likeness (QED) is 0.805. The van der Waals surface area contributed by atoms with E-state index in [-0.39, 0.29) is 0 Å². The number of benzene rings is 1. The lowest BCUT2D eigenvalue weighted by atomic mass is 10.3. The van der Waals surface area contributed by atoms with E-state index in [9.17, 15) is 0 Å². The van der Waals surface area contributed by atoms with Crippen LogP contribution in [0.25, 0.3) is 0 Å². The van der Waals surface area contributed by atoms with Crippen molar-refractivity contribution in [3.63, 3.8) is 0 Å². The molecule has 0 radical (unpaired) electrons. The van der Waals surface area contributed by atoms with E-state index in [0.29, 0.717) is 0 Å². The van der Waals surface area contributed by atoms with Gasteiger partial charge in [-0.15, -0.1) is 0 Å². The zero-order valence-corrected chi connectivity index (χ0v) is 10.3. The first kappa shape index (κ1) is 11.5. The highest BCUT2D eigenvalue weighted by atomic mass is 79.9. The van der Waals surface area contributed by atoms with Gasteiger partial charge in [-0.3, -0.25) is 0 Å². The average Bonchev–Trinajstić information content (AvgIpc) is 2.19. The molecule has 3 heteroatoms. The highest BCUT2D eigenvalue weighted by Gasteiger charge is 2.03. The highest BCUT2D eigenvalue weighted by molar-refractivity contribution is 9.10. The summed E-state index contributed by atoms with van der Waals surface area (Å²) in [5, 5.41) is 0. The molecule has 0 saturated heterocycles. The summed E-state index contributed by atoms with van der Waals surface area (Å²) in [6.07, 6.45) is 0. The fourth-order valence-corrected chi connectivity index (χ4v) is 1.73. The largest absolute Gasteiger partial charge is 0.383 e. The molecule has 0 spiro atoms. The van der Waals surface area contributed by atoms with Gasteiger partial charge in [-0.1, -0.05) is 22.0 Å². The predicted molar refractivity (Wildman–Crippen MR) is 63.9 cm³/mol. The third kappa shape index (κ3) is 3.31. The molecule has 1 aromatic carbocycles. The van der Waals surface area contributed by atoms with Crippen molar-refractivity contribution < 1.29 is 4.74 Å².